The molecule has 0 aliphatic carbocycles. The van der Waals surface area contributed by atoms with Gasteiger partial charge in [0.25, 0.3) is 5.91 Å². The largest absolute Gasteiger partial charge is 0.438 e. The minimum absolute atomic E-state index is 0.196. The van der Waals surface area contributed by atoms with Gasteiger partial charge in [0.1, 0.15) is 0 Å². The lowest BCUT2D eigenvalue weighted by Gasteiger charge is -2.30. The zero-order valence-corrected chi connectivity index (χ0v) is 11.4. The number of carbonyl (C=O) groups is 1. The van der Waals surface area contributed by atoms with Crippen LogP contribution in [-0.4, -0.2) is 21.8 Å². The normalized spacial score (nSPS) is 11.5. The highest BCUT2D eigenvalue weighted by atomic mass is 79.9. The van der Waals surface area contributed by atoms with Gasteiger partial charge in [-0.25, -0.2) is 4.98 Å². The van der Waals surface area contributed by atoms with E-state index in [4.69, 9.17) is 4.42 Å². The van der Waals surface area contributed by atoms with Crippen molar-refractivity contribution in [3.05, 3.63) is 17.8 Å². The lowest BCUT2D eigenvalue weighted by atomic mass is 9.95. The number of aryl methyl sites for hydroxylation is 1. The number of hydrogen-bond acceptors (Lipinski definition) is 3. The summed E-state index contributed by atoms with van der Waals surface area (Å²) in [6.07, 6.45) is 3.03. The summed E-state index contributed by atoms with van der Waals surface area (Å²) in [5, 5.41) is 3.73. The molecule has 0 aromatic carbocycles. The molecule has 5 heteroatoms. The summed E-state index contributed by atoms with van der Waals surface area (Å²) >= 11 is 3.44. The lowest BCUT2D eigenvalue weighted by molar-refractivity contribution is 0.0874. The molecule has 0 spiro atoms. The molecule has 0 aliphatic heterocycles. The van der Waals surface area contributed by atoms with Crippen LogP contribution < -0.4 is 5.32 Å². The van der Waals surface area contributed by atoms with Crippen LogP contribution in [0.1, 0.15) is 42.9 Å². The molecule has 0 fully saturated rings. The number of halogens is 1. The Labute approximate surface area is 104 Å². The van der Waals surface area contributed by atoms with E-state index in [9.17, 15) is 4.79 Å². The Kier molecular flexibility index (Phi) is 4.53. The molecule has 0 atom stereocenters. The Balaban J connectivity index is 2.81. The Morgan fingerprint density at radius 1 is 1.56 bits per heavy atom. The summed E-state index contributed by atoms with van der Waals surface area (Å²) in [4.78, 5) is 15.9. The molecule has 1 N–H and O–H groups in total. The van der Waals surface area contributed by atoms with E-state index < -0.39 is 0 Å². The second-order valence-corrected chi connectivity index (χ2v) is 4.40. The number of carbonyl (C=O) groups excluding carboxylic acids is 1. The molecular formula is C11H17BrN2O2. The monoisotopic (exact) mass is 288 g/mol. The highest BCUT2D eigenvalue weighted by Crippen LogP contribution is 2.19. The number of amides is 1. The topological polar surface area (TPSA) is 55.1 Å². The van der Waals surface area contributed by atoms with Gasteiger partial charge in [0.15, 0.2) is 6.39 Å². The van der Waals surface area contributed by atoms with Crippen LogP contribution in [-0.2, 0) is 0 Å². The summed E-state index contributed by atoms with van der Waals surface area (Å²) in [6, 6.07) is 0. The highest BCUT2D eigenvalue weighted by Gasteiger charge is 2.28. The first kappa shape index (κ1) is 13.2. The molecule has 90 valence electrons. The molecule has 0 aliphatic rings. The van der Waals surface area contributed by atoms with E-state index >= 15 is 0 Å². The maximum atomic E-state index is 12.0. The third kappa shape index (κ3) is 2.64. The van der Waals surface area contributed by atoms with Gasteiger partial charge in [-0.2, -0.15) is 0 Å². The fourth-order valence-corrected chi connectivity index (χ4v) is 2.40. The van der Waals surface area contributed by atoms with E-state index in [1.165, 1.54) is 6.39 Å². The van der Waals surface area contributed by atoms with E-state index in [2.05, 4.69) is 40.1 Å². The molecule has 0 saturated heterocycles. The fraction of sp³-hybridized carbons (Fsp3) is 0.636. The van der Waals surface area contributed by atoms with Crippen molar-refractivity contribution in [2.24, 2.45) is 0 Å². The maximum Gasteiger partial charge on any atom is 0.289 e. The van der Waals surface area contributed by atoms with Crippen LogP contribution in [0.15, 0.2) is 10.8 Å². The van der Waals surface area contributed by atoms with E-state index in [-0.39, 0.29) is 11.4 Å². The van der Waals surface area contributed by atoms with E-state index in [1.54, 1.807) is 6.92 Å². The molecule has 0 bridgehead atoms. The van der Waals surface area contributed by atoms with E-state index in [0.717, 1.165) is 18.2 Å². The summed E-state index contributed by atoms with van der Waals surface area (Å²) in [5.41, 5.74) is 0.407. The van der Waals surface area contributed by atoms with E-state index in [1.807, 2.05) is 0 Å². The van der Waals surface area contributed by atoms with Crippen molar-refractivity contribution < 1.29 is 9.21 Å². The first-order chi connectivity index (χ1) is 7.58. The maximum absolute atomic E-state index is 12.0. The molecule has 16 heavy (non-hydrogen) atoms. The molecule has 4 nitrogen and oxygen atoms in total. The zero-order valence-electron chi connectivity index (χ0n) is 9.84. The van der Waals surface area contributed by atoms with Gasteiger partial charge < -0.3 is 9.73 Å². The molecule has 1 heterocycles. The first-order valence-electron chi connectivity index (χ1n) is 5.37. The Bertz CT molecular complexity index is 350. The lowest BCUT2D eigenvalue weighted by Crippen LogP contribution is -2.49. The van der Waals surface area contributed by atoms with Crippen molar-refractivity contribution in [3.63, 3.8) is 0 Å². The van der Waals surface area contributed by atoms with E-state index in [0.29, 0.717) is 11.5 Å². The second-order valence-electron chi connectivity index (χ2n) is 3.84. The molecule has 1 amide bonds. The van der Waals surface area contributed by atoms with Gasteiger partial charge in [-0.3, -0.25) is 4.79 Å². The average molecular weight is 289 g/mol. The van der Waals surface area contributed by atoms with Crippen molar-refractivity contribution >= 4 is 21.8 Å². The van der Waals surface area contributed by atoms with Crippen LogP contribution in [0, 0.1) is 6.92 Å². The number of nitrogens with one attached hydrogen (secondary N) is 1. The number of nitrogens with zero attached hydrogens (tertiary/aromatic N) is 1. The van der Waals surface area contributed by atoms with Crippen LogP contribution in [0.4, 0.5) is 0 Å². The highest BCUT2D eigenvalue weighted by molar-refractivity contribution is 9.09. The van der Waals surface area contributed by atoms with Crippen molar-refractivity contribution in [2.75, 3.05) is 5.33 Å². The standard InChI is InChI=1S/C11H17BrN2O2/c1-4-11(5-2,6-12)14-10(15)9-8(3)13-7-16-9/h7H,4-6H2,1-3H3,(H,14,15). The molecule has 1 aromatic rings. The Hall–Kier alpha value is -0.840. The van der Waals surface area contributed by atoms with Gasteiger partial charge in [-0.05, 0) is 19.8 Å². The Morgan fingerprint density at radius 2 is 2.19 bits per heavy atom. The summed E-state index contributed by atoms with van der Waals surface area (Å²) in [5.74, 6) is 0.102. The molecule has 0 unspecified atom stereocenters. The second kappa shape index (κ2) is 5.48. The van der Waals surface area contributed by atoms with Gasteiger partial charge in [0.05, 0.1) is 5.69 Å². The minimum atomic E-state index is -0.212. The quantitative estimate of drug-likeness (QED) is 0.848. The number of rotatable bonds is 5. The number of oxazole rings is 1. The van der Waals surface area contributed by atoms with Crippen LogP contribution in [0.25, 0.3) is 0 Å². The van der Waals surface area contributed by atoms with Crippen LogP contribution in [0.2, 0.25) is 0 Å². The van der Waals surface area contributed by atoms with Gasteiger partial charge in [-0.1, -0.05) is 29.8 Å². The molecule has 0 saturated carbocycles. The van der Waals surface area contributed by atoms with Crippen molar-refractivity contribution in [3.8, 4) is 0 Å². The average Bonchev–Trinajstić information content (AvgIpc) is 2.72. The predicted molar refractivity (Wildman–Crippen MR) is 65.8 cm³/mol. The predicted octanol–water partition coefficient (Wildman–Crippen LogP) is 2.67. The molecule has 1 rings (SSSR count). The van der Waals surface area contributed by atoms with Crippen molar-refractivity contribution in [2.45, 2.75) is 39.2 Å². The minimum Gasteiger partial charge on any atom is -0.438 e. The fourth-order valence-electron chi connectivity index (χ4n) is 1.47. The number of hydrogen-bond donors (Lipinski definition) is 1. The summed E-state index contributed by atoms with van der Waals surface area (Å²) < 4.78 is 5.07. The molecule has 0 radical (unpaired) electrons. The van der Waals surface area contributed by atoms with Crippen molar-refractivity contribution in [1.29, 1.82) is 0 Å². The van der Waals surface area contributed by atoms with Gasteiger partial charge in [0, 0.05) is 10.9 Å². The smallest absolute Gasteiger partial charge is 0.289 e. The van der Waals surface area contributed by atoms with Gasteiger partial charge in [0.2, 0.25) is 5.76 Å². The van der Waals surface area contributed by atoms with Crippen LogP contribution in [0.3, 0.4) is 0 Å². The van der Waals surface area contributed by atoms with Gasteiger partial charge in [-0.15, -0.1) is 0 Å². The first-order valence-corrected chi connectivity index (χ1v) is 6.49. The molecule has 1 aromatic heterocycles. The van der Waals surface area contributed by atoms with Crippen LogP contribution in [0.5, 0.6) is 0 Å². The number of alkyl halides is 1. The van der Waals surface area contributed by atoms with Gasteiger partial charge >= 0.3 is 0 Å². The third-order valence-corrected chi connectivity index (χ3v) is 4.01. The summed E-state index contributed by atoms with van der Waals surface area (Å²) in [6.45, 7) is 5.86. The third-order valence-electron chi connectivity index (χ3n) is 2.94. The number of aromatic nitrogens is 1. The van der Waals surface area contributed by atoms with Crippen molar-refractivity contribution in [1.82, 2.24) is 10.3 Å². The zero-order chi connectivity index (χ0) is 12.2. The Morgan fingerprint density at radius 3 is 2.56 bits per heavy atom. The SMILES string of the molecule is CCC(CC)(CBr)NC(=O)c1ocnc1C. The summed E-state index contributed by atoms with van der Waals surface area (Å²) in [7, 11) is 0. The molecular weight excluding hydrogens is 272 g/mol. The van der Waals surface area contributed by atoms with Crippen LogP contribution >= 0.6 is 15.9 Å².